The van der Waals surface area contributed by atoms with E-state index in [1.54, 1.807) is 48.5 Å². The van der Waals surface area contributed by atoms with E-state index in [9.17, 15) is 24.3 Å². The molecule has 0 spiro atoms. The zero-order valence-electron chi connectivity index (χ0n) is 18.2. The van der Waals surface area contributed by atoms with Crippen LogP contribution in [0.1, 0.15) is 38.3 Å². The maximum Gasteiger partial charge on any atom is 0.329 e. The Hall–Kier alpha value is -4.46. The van der Waals surface area contributed by atoms with Gasteiger partial charge in [-0.25, -0.2) is 4.79 Å². The fraction of sp³-hybridized carbons (Fsp3) is 0.154. The van der Waals surface area contributed by atoms with Gasteiger partial charge in [0, 0.05) is 5.56 Å². The van der Waals surface area contributed by atoms with Crippen LogP contribution in [-0.2, 0) is 32.3 Å². The molecule has 1 atom stereocenters. The largest absolute Gasteiger partial charge is 0.507 e. The Morgan fingerprint density at radius 2 is 1.44 bits per heavy atom. The highest BCUT2D eigenvalue weighted by atomic mass is 16.5. The lowest BCUT2D eigenvalue weighted by Gasteiger charge is -2.18. The number of aromatic hydroxyl groups is 1. The maximum atomic E-state index is 12.7. The average Bonchev–Trinajstić information content (AvgIpc) is 2.87. The van der Waals surface area contributed by atoms with Crippen LogP contribution in [0, 0.1) is 0 Å². The molecule has 174 valence electrons. The van der Waals surface area contributed by atoms with Crippen molar-refractivity contribution in [3.05, 3.63) is 101 Å². The topological polar surface area (TPSA) is 119 Å². The minimum atomic E-state index is -1.38. The smallest absolute Gasteiger partial charge is 0.329 e. The second-order valence-corrected chi connectivity index (χ2v) is 7.36. The van der Waals surface area contributed by atoms with Gasteiger partial charge in [0.25, 0.3) is 5.91 Å². The number of phenols is 1. The van der Waals surface area contributed by atoms with Crippen molar-refractivity contribution < 1.29 is 33.8 Å². The first kappa shape index (κ1) is 24.2. The number of hydrogen-bond acceptors (Lipinski definition) is 7. The maximum absolute atomic E-state index is 12.7. The number of rotatable bonds is 10. The zero-order valence-corrected chi connectivity index (χ0v) is 18.2. The predicted octanol–water partition coefficient (Wildman–Crippen LogP) is 3.18. The molecule has 3 aromatic rings. The summed E-state index contributed by atoms with van der Waals surface area (Å²) in [5.41, 5.74) is 1.43. The highest BCUT2D eigenvalue weighted by Gasteiger charge is 2.28. The molecule has 0 bridgehead atoms. The van der Waals surface area contributed by atoms with Crippen LogP contribution in [0.4, 0.5) is 0 Å². The summed E-state index contributed by atoms with van der Waals surface area (Å²) in [6.45, 7) is -0.0570. The number of ether oxygens (including phenoxy) is 2. The number of hydrogen-bond donors (Lipinski definition) is 2. The Labute approximate surface area is 196 Å². The van der Waals surface area contributed by atoms with Crippen LogP contribution in [0.3, 0.4) is 0 Å². The van der Waals surface area contributed by atoms with Crippen LogP contribution in [-0.4, -0.2) is 35.3 Å². The van der Waals surface area contributed by atoms with E-state index in [2.05, 4.69) is 5.32 Å². The van der Waals surface area contributed by atoms with Crippen LogP contribution in [0.5, 0.6) is 5.75 Å². The van der Waals surface area contributed by atoms with Gasteiger partial charge in [-0.1, -0.05) is 60.7 Å². The average molecular weight is 461 g/mol. The summed E-state index contributed by atoms with van der Waals surface area (Å²) < 4.78 is 10.5. The number of amides is 1. The molecule has 2 N–H and O–H groups in total. The first-order valence-electron chi connectivity index (χ1n) is 10.5. The third kappa shape index (κ3) is 7.03. The van der Waals surface area contributed by atoms with Gasteiger partial charge in [-0.15, -0.1) is 0 Å². The van der Waals surface area contributed by atoms with E-state index in [0.29, 0.717) is 6.29 Å². The second kappa shape index (κ2) is 12.0. The molecule has 8 heteroatoms. The molecule has 0 aliphatic rings. The first-order chi connectivity index (χ1) is 16.5. The second-order valence-electron chi connectivity index (χ2n) is 7.36. The molecule has 1 amide bonds. The highest BCUT2D eigenvalue weighted by Crippen LogP contribution is 2.18. The molecular formula is C26H23NO7. The van der Waals surface area contributed by atoms with Gasteiger partial charge in [-0.05, 0) is 29.3 Å². The van der Waals surface area contributed by atoms with Gasteiger partial charge >= 0.3 is 11.9 Å². The van der Waals surface area contributed by atoms with Gasteiger partial charge in [0.15, 0.2) is 0 Å². The Balaban J connectivity index is 1.70. The quantitative estimate of drug-likeness (QED) is 0.352. The van der Waals surface area contributed by atoms with Crippen molar-refractivity contribution in [1.29, 1.82) is 0 Å². The standard InChI is InChI=1S/C26H23NO7/c28-15-20-11-12-23(29)21(13-20)25(31)27-22(26(32)34-17-19-9-5-2-6-10-19)14-24(30)33-16-18-7-3-1-4-8-18/h1-13,15,22,29H,14,16-17H2,(H,27,31)/t22-/m0/s1. The van der Waals surface area contributed by atoms with E-state index in [4.69, 9.17) is 9.47 Å². The number of carbonyl (C=O) groups excluding carboxylic acids is 4. The zero-order chi connectivity index (χ0) is 24.3. The summed E-state index contributed by atoms with van der Waals surface area (Å²) in [5, 5.41) is 12.4. The van der Waals surface area contributed by atoms with E-state index < -0.39 is 30.3 Å². The van der Waals surface area contributed by atoms with Gasteiger partial charge < -0.3 is 19.9 Å². The molecule has 0 saturated carbocycles. The lowest BCUT2D eigenvalue weighted by Crippen LogP contribution is -2.43. The van der Waals surface area contributed by atoms with Crippen LogP contribution in [0.25, 0.3) is 0 Å². The lowest BCUT2D eigenvalue weighted by atomic mass is 10.1. The van der Waals surface area contributed by atoms with Crippen LogP contribution < -0.4 is 5.32 Å². The third-order valence-electron chi connectivity index (χ3n) is 4.83. The summed E-state index contributed by atoms with van der Waals surface area (Å²) in [6.07, 6.45) is 0.0309. The van der Waals surface area contributed by atoms with Crippen molar-refractivity contribution in [2.75, 3.05) is 0 Å². The normalized spacial score (nSPS) is 11.2. The van der Waals surface area contributed by atoms with Crippen molar-refractivity contribution in [2.45, 2.75) is 25.7 Å². The Morgan fingerprint density at radius 3 is 2.03 bits per heavy atom. The van der Waals surface area contributed by atoms with E-state index in [0.717, 1.165) is 11.1 Å². The van der Waals surface area contributed by atoms with E-state index in [1.807, 2.05) is 12.1 Å². The van der Waals surface area contributed by atoms with Crippen molar-refractivity contribution in [3.8, 4) is 5.75 Å². The molecule has 3 rings (SSSR count). The van der Waals surface area contributed by atoms with Gasteiger partial charge in [0.2, 0.25) is 0 Å². The molecule has 3 aromatic carbocycles. The molecule has 0 radical (unpaired) electrons. The predicted molar refractivity (Wildman–Crippen MR) is 122 cm³/mol. The first-order valence-corrected chi connectivity index (χ1v) is 10.5. The van der Waals surface area contributed by atoms with Crippen molar-refractivity contribution in [2.24, 2.45) is 0 Å². The molecule has 8 nitrogen and oxygen atoms in total. The van der Waals surface area contributed by atoms with Crippen LogP contribution in [0.2, 0.25) is 0 Å². The molecule has 0 heterocycles. The molecular weight excluding hydrogens is 438 g/mol. The number of phenolic OH excluding ortho intramolecular Hbond substituents is 1. The molecule has 0 aliphatic heterocycles. The van der Waals surface area contributed by atoms with E-state index >= 15 is 0 Å². The number of carbonyl (C=O) groups is 4. The van der Waals surface area contributed by atoms with Crippen LogP contribution in [0.15, 0.2) is 78.9 Å². The molecule has 0 saturated heterocycles. The monoisotopic (exact) mass is 461 g/mol. The molecule has 0 aromatic heterocycles. The fourth-order valence-corrected chi connectivity index (χ4v) is 3.03. The molecule has 0 unspecified atom stereocenters. The lowest BCUT2D eigenvalue weighted by molar-refractivity contribution is -0.153. The van der Waals surface area contributed by atoms with Gasteiger partial charge in [-0.2, -0.15) is 0 Å². The fourth-order valence-electron chi connectivity index (χ4n) is 3.03. The van der Waals surface area contributed by atoms with Gasteiger partial charge in [-0.3, -0.25) is 14.4 Å². The minimum absolute atomic E-state index is 0.00156. The number of nitrogens with one attached hydrogen (secondary N) is 1. The Kier molecular flexibility index (Phi) is 8.51. The van der Waals surface area contributed by atoms with Crippen LogP contribution >= 0.6 is 0 Å². The minimum Gasteiger partial charge on any atom is -0.507 e. The number of benzene rings is 3. The van der Waals surface area contributed by atoms with E-state index in [-0.39, 0.29) is 30.1 Å². The summed E-state index contributed by atoms with van der Waals surface area (Å²) >= 11 is 0. The summed E-state index contributed by atoms with van der Waals surface area (Å²) in [6, 6.07) is 20.2. The van der Waals surface area contributed by atoms with Gasteiger partial charge in [0.05, 0.1) is 12.0 Å². The van der Waals surface area contributed by atoms with Crippen molar-refractivity contribution >= 4 is 24.1 Å². The Bertz CT molecular complexity index is 1150. The van der Waals surface area contributed by atoms with Crippen molar-refractivity contribution in [1.82, 2.24) is 5.32 Å². The van der Waals surface area contributed by atoms with E-state index in [1.165, 1.54) is 18.2 Å². The third-order valence-corrected chi connectivity index (χ3v) is 4.83. The highest BCUT2D eigenvalue weighted by molar-refractivity contribution is 6.00. The summed E-state index contributed by atoms with van der Waals surface area (Å²) in [7, 11) is 0. The molecule has 34 heavy (non-hydrogen) atoms. The number of aldehydes is 1. The molecule has 0 aliphatic carbocycles. The van der Waals surface area contributed by atoms with Crippen molar-refractivity contribution in [3.63, 3.8) is 0 Å². The summed E-state index contributed by atoms with van der Waals surface area (Å²) in [4.78, 5) is 48.9. The van der Waals surface area contributed by atoms with Gasteiger partial charge in [0.1, 0.15) is 31.3 Å². The number of esters is 2. The molecule has 0 fully saturated rings. The summed E-state index contributed by atoms with van der Waals surface area (Å²) in [5.74, 6) is -2.80. The SMILES string of the molecule is O=Cc1ccc(O)c(C(=O)N[C@@H](CC(=O)OCc2ccccc2)C(=O)OCc2ccccc2)c1. The Morgan fingerprint density at radius 1 is 0.853 bits per heavy atom.